The zero-order valence-electron chi connectivity index (χ0n) is 14.6. The maximum Gasteiger partial charge on any atom is 0.255 e. The van der Waals surface area contributed by atoms with E-state index >= 15 is 0 Å². The van der Waals surface area contributed by atoms with Gasteiger partial charge in [-0.2, -0.15) is 5.26 Å². The first-order valence-electron chi connectivity index (χ1n) is 8.26. The van der Waals surface area contributed by atoms with Crippen molar-refractivity contribution >= 4 is 33.0 Å². The van der Waals surface area contributed by atoms with Gasteiger partial charge < -0.3 is 5.32 Å². The Kier molecular flexibility index (Phi) is 5.78. The number of hydrogen-bond acceptors (Lipinski definition) is 4. The number of nitriles is 1. The van der Waals surface area contributed by atoms with Gasteiger partial charge in [0.1, 0.15) is 0 Å². The molecule has 0 unspecified atom stereocenters. The van der Waals surface area contributed by atoms with Crippen molar-refractivity contribution in [1.82, 2.24) is 0 Å². The fourth-order valence-electron chi connectivity index (χ4n) is 2.55. The number of anilines is 1. The van der Waals surface area contributed by atoms with Crippen molar-refractivity contribution in [2.75, 3.05) is 5.32 Å². The van der Waals surface area contributed by atoms with Crippen LogP contribution in [0.1, 0.15) is 21.5 Å². The number of amides is 1. The minimum absolute atomic E-state index is 0.0647. The van der Waals surface area contributed by atoms with Crippen LogP contribution in [-0.4, -0.2) is 14.3 Å². The van der Waals surface area contributed by atoms with Gasteiger partial charge in [0.15, 0.2) is 9.84 Å². The lowest BCUT2D eigenvalue weighted by atomic mass is 10.2. The van der Waals surface area contributed by atoms with E-state index in [0.29, 0.717) is 21.8 Å². The van der Waals surface area contributed by atoms with Crippen LogP contribution >= 0.6 is 11.6 Å². The van der Waals surface area contributed by atoms with E-state index in [1.54, 1.807) is 54.6 Å². The Bertz CT molecular complexity index is 1150. The fraction of sp³-hybridized carbons (Fsp3) is 0.0476. The zero-order valence-corrected chi connectivity index (χ0v) is 16.2. The molecule has 1 amide bonds. The lowest BCUT2D eigenvalue weighted by Crippen LogP contribution is -2.13. The maximum atomic E-state index is 12.7. The first-order valence-corrected chi connectivity index (χ1v) is 10.3. The summed E-state index contributed by atoms with van der Waals surface area (Å²) in [6.07, 6.45) is 0. The molecule has 28 heavy (non-hydrogen) atoms. The van der Waals surface area contributed by atoms with Crippen LogP contribution in [-0.2, 0) is 15.6 Å². The Morgan fingerprint density at radius 3 is 2.32 bits per heavy atom. The lowest BCUT2D eigenvalue weighted by molar-refractivity contribution is 0.102. The minimum Gasteiger partial charge on any atom is -0.322 e. The molecule has 7 heteroatoms. The van der Waals surface area contributed by atoms with Crippen LogP contribution in [0.3, 0.4) is 0 Å². The van der Waals surface area contributed by atoms with Crippen molar-refractivity contribution < 1.29 is 13.2 Å². The van der Waals surface area contributed by atoms with Crippen molar-refractivity contribution in [3.8, 4) is 6.07 Å². The van der Waals surface area contributed by atoms with E-state index in [9.17, 15) is 13.2 Å². The van der Waals surface area contributed by atoms with Crippen molar-refractivity contribution in [3.05, 3.63) is 94.5 Å². The molecule has 0 aliphatic heterocycles. The quantitative estimate of drug-likeness (QED) is 0.673. The van der Waals surface area contributed by atoms with Gasteiger partial charge in [-0.3, -0.25) is 4.79 Å². The molecule has 3 aromatic rings. The normalized spacial score (nSPS) is 10.9. The number of sulfone groups is 1. The SMILES string of the molecule is N#Cc1ccc(NC(=O)c2cccc(S(=O)(=O)Cc3ccc(Cl)cc3)c2)cc1. The summed E-state index contributed by atoms with van der Waals surface area (Å²) in [4.78, 5) is 12.5. The van der Waals surface area contributed by atoms with E-state index in [-0.39, 0.29) is 16.2 Å². The molecule has 3 aromatic carbocycles. The Hall–Kier alpha value is -3.14. The summed E-state index contributed by atoms with van der Waals surface area (Å²) in [6.45, 7) is 0. The molecule has 0 saturated heterocycles. The van der Waals surface area contributed by atoms with Crippen LogP contribution < -0.4 is 5.32 Å². The summed E-state index contributed by atoms with van der Waals surface area (Å²) >= 11 is 5.83. The van der Waals surface area contributed by atoms with Gasteiger partial charge in [-0.25, -0.2) is 8.42 Å². The molecule has 0 atom stereocenters. The molecule has 0 spiro atoms. The lowest BCUT2D eigenvalue weighted by Gasteiger charge is -2.08. The third-order valence-corrected chi connectivity index (χ3v) is 5.93. The number of hydrogen-bond donors (Lipinski definition) is 1. The third kappa shape index (κ3) is 4.77. The number of nitrogens with zero attached hydrogens (tertiary/aromatic N) is 1. The predicted molar refractivity (Wildman–Crippen MR) is 108 cm³/mol. The largest absolute Gasteiger partial charge is 0.322 e. The highest BCUT2D eigenvalue weighted by Crippen LogP contribution is 2.20. The predicted octanol–water partition coefficient (Wildman–Crippen LogP) is 4.44. The van der Waals surface area contributed by atoms with E-state index in [2.05, 4.69) is 5.32 Å². The molecule has 140 valence electrons. The average Bonchev–Trinajstić information content (AvgIpc) is 2.70. The van der Waals surface area contributed by atoms with Gasteiger partial charge in [0.2, 0.25) is 0 Å². The second-order valence-electron chi connectivity index (χ2n) is 6.06. The Balaban J connectivity index is 1.79. The van der Waals surface area contributed by atoms with Gasteiger partial charge in [-0.15, -0.1) is 0 Å². The average molecular weight is 411 g/mol. The monoisotopic (exact) mass is 410 g/mol. The Morgan fingerprint density at radius 1 is 1.00 bits per heavy atom. The molecule has 3 rings (SSSR count). The van der Waals surface area contributed by atoms with E-state index in [1.807, 2.05) is 6.07 Å². The van der Waals surface area contributed by atoms with Gasteiger partial charge in [0, 0.05) is 16.3 Å². The van der Waals surface area contributed by atoms with Crippen LogP contribution in [0, 0.1) is 11.3 Å². The summed E-state index contributed by atoms with van der Waals surface area (Å²) < 4.78 is 25.4. The number of rotatable bonds is 5. The molecule has 0 aliphatic carbocycles. The Morgan fingerprint density at radius 2 is 1.68 bits per heavy atom. The highest BCUT2D eigenvalue weighted by Gasteiger charge is 2.17. The second kappa shape index (κ2) is 8.26. The number of benzene rings is 3. The first kappa shape index (κ1) is 19.6. The molecule has 0 saturated carbocycles. The molecular weight excluding hydrogens is 396 g/mol. The van der Waals surface area contributed by atoms with Crippen LogP contribution in [0.25, 0.3) is 0 Å². The van der Waals surface area contributed by atoms with Gasteiger partial charge in [0.05, 0.1) is 22.3 Å². The first-order chi connectivity index (χ1) is 13.4. The van der Waals surface area contributed by atoms with Gasteiger partial charge in [-0.1, -0.05) is 29.8 Å². The highest BCUT2D eigenvalue weighted by atomic mass is 35.5. The fourth-order valence-corrected chi connectivity index (χ4v) is 4.06. The summed E-state index contributed by atoms with van der Waals surface area (Å²) in [6, 6.07) is 20.8. The van der Waals surface area contributed by atoms with E-state index < -0.39 is 15.7 Å². The standard InChI is InChI=1S/C21H15ClN2O3S/c22-18-8-4-16(5-9-18)14-28(26,27)20-3-1-2-17(12-20)21(25)24-19-10-6-15(13-23)7-11-19/h1-12H,14H2,(H,24,25). The van der Waals surface area contributed by atoms with E-state index in [0.717, 1.165) is 0 Å². The molecule has 0 bridgehead atoms. The summed E-state index contributed by atoms with van der Waals surface area (Å²) in [5.41, 5.74) is 1.82. The van der Waals surface area contributed by atoms with E-state index in [1.165, 1.54) is 18.2 Å². The van der Waals surface area contributed by atoms with E-state index in [4.69, 9.17) is 16.9 Å². The minimum atomic E-state index is -3.62. The summed E-state index contributed by atoms with van der Waals surface area (Å²) in [7, 11) is -3.62. The summed E-state index contributed by atoms with van der Waals surface area (Å²) in [5, 5.41) is 12.0. The van der Waals surface area contributed by atoms with Crippen molar-refractivity contribution in [2.24, 2.45) is 0 Å². The third-order valence-electron chi connectivity index (χ3n) is 4.00. The van der Waals surface area contributed by atoms with Crippen LogP contribution in [0.2, 0.25) is 5.02 Å². The van der Waals surface area contributed by atoms with Gasteiger partial charge in [-0.05, 0) is 60.2 Å². The molecule has 0 fully saturated rings. The van der Waals surface area contributed by atoms with Gasteiger partial charge >= 0.3 is 0 Å². The molecule has 0 aliphatic rings. The summed E-state index contributed by atoms with van der Waals surface area (Å²) in [5.74, 6) is -0.626. The number of carbonyl (C=O) groups is 1. The zero-order chi connectivity index (χ0) is 20.1. The Labute approximate surface area is 168 Å². The molecule has 0 radical (unpaired) electrons. The van der Waals surface area contributed by atoms with Crippen molar-refractivity contribution in [3.63, 3.8) is 0 Å². The topological polar surface area (TPSA) is 87.0 Å². The van der Waals surface area contributed by atoms with Crippen LogP contribution in [0.5, 0.6) is 0 Å². The van der Waals surface area contributed by atoms with Crippen LogP contribution in [0.15, 0.2) is 77.7 Å². The van der Waals surface area contributed by atoms with Crippen molar-refractivity contribution in [1.29, 1.82) is 5.26 Å². The number of carbonyl (C=O) groups excluding carboxylic acids is 1. The smallest absolute Gasteiger partial charge is 0.255 e. The highest BCUT2D eigenvalue weighted by molar-refractivity contribution is 7.90. The molecule has 1 N–H and O–H groups in total. The molecule has 0 heterocycles. The second-order valence-corrected chi connectivity index (χ2v) is 8.48. The molecule has 0 aromatic heterocycles. The molecule has 5 nitrogen and oxygen atoms in total. The maximum absolute atomic E-state index is 12.7. The number of nitrogens with one attached hydrogen (secondary N) is 1. The molecular formula is C21H15ClN2O3S. The number of halogens is 1. The van der Waals surface area contributed by atoms with Crippen LogP contribution in [0.4, 0.5) is 5.69 Å². The van der Waals surface area contributed by atoms with Gasteiger partial charge in [0.25, 0.3) is 5.91 Å². The van der Waals surface area contributed by atoms with Crippen molar-refractivity contribution in [2.45, 2.75) is 10.6 Å².